The molecule has 0 saturated carbocycles. The molecule has 0 fully saturated rings. The molecule has 0 radical (unpaired) electrons. The van der Waals surface area contributed by atoms with Gasteiger partial charge in [0.1, 0.15) is 5.75 Å². The lowest BCUT2D eigenvalue weighted by Crippen LogP contribution is -2.14. The van der Waals surface area contributed by atoms with Crippen molar-refractivity contribution in [3.8, 4) is 16.9 Å². The Labute approximate surface area is 151 Å². The Kier molecular flexibility index (Phi) is 6.26. The molecule has 2 rings (SSSR count). The molecule has 2 nitrogen and oxygen atoms in total. The number of hydrogen-bond acceptors (Lipinski definition) is 2. The van der Waals surface area contributed by atoms with E-state index in [1.807, 2.05) is 6.92 Å². The van der Waals surface area contributed by atoms with Gasteiger partial charge in [-0.2, -0.15) is 17.6 Å². The van der Waals surface area contributed by atoms with Gasteiger partial charge in [-0.15, -0.1) is 0 Å². The van der Waals surface area contributed by atoms with Crippen LogP contribution in [0.15, 0.2) is 30.5 Å². The number of rotatable bonds is 6. The summed E-state index contributed by atoms with van der Waals surface area (Å²) < 4.78 is 59.6. The van der Waals surface area contributed by atoms with E-state index in [4.69, 9.17) is 4.74 Å². The maximum atomic E-state index is 13.6. The van der Waals surface area contributed by atoms with Crippen LogP contribution in [0.1, 0.15) is 38.3 Å². The maximum absolute atomic E-state index is 13.6. The van der Waals surface area contributed by atoms with Crippen molar-refractivity contribution >= 4 is 0 Å². The largest absolute Gasteiger partial charge is 0.493 e. The molecular formula is C20H23F4NO. The number of benzene rings is 1. The number of pyridine rings is 1. The van der Waals surface area contributed by atoms with Crippen molar-refractivity contribution in [1.29, 1.82) is 0 Å². The van der Waals surface area contributed by atoms with E-state index in [0.29, 0.717) is 11.5 Å². The Morgan fingerprint density at radius 2 is 1.81 bits per heavy atom. The van der Waals surface area contributed by atoms with Crippen molar-refractivity contribution in [2.45, 2.75) is 40.3 Å². The van der Waals surface area contributed by atoms with Crippen LogP contribution in [0, 0.1) is 24.7 Å². The fourth-order valence-corrected chi connectivity index (χ4v) is 2.97. The minimum absolute atomic E-state index is 0.146. The topological polar surface area (TPSA) is 22.1 Å². The van der Waals surface area contributed by atoms with Crippen LogP contribution in [-0.2, 0) is 6.18 Å². The van der Waals surface area contributed by atoms with Gasteiger partial charge in [0.05, 0.1) is 12.2 Å². The lowest BCUT2D eigenvalue weighted by molar-refractivity contribution is -0.139. The van der Waals surface area contributed by atoms with E-state index in [0.717, 1.165) is 12.5 Å². The third-order valence-electron chi connectivity index (χ3n) is 4.14. The number of alkyl halides is 3. The van der Waals surface area contributed by atoms with Crippen LogP contribution in [0.5, 0.6) is 5.75 Å². The Bertz CT molecular complexity index is 756. The van der Waals surface area contributed by atoms with Gasteiger partial charge < -0.3 is 4.74 Å². The van der Waals surface area contributed by atoms with E-state index in [1.54, 1.807) is 0 Å². The van der Waals surface area contributed by atoms with Crippen LogP contribution in [0.25, 0.3) is 11.1 Å². The second-order valence-corrected chi connectivity index (χ2v) is 7.03. The van der Waals surface area contributed by atoms with Crippen LogP contribution in [0.2, 0.25) is 0 Å². The van der Waals surface area contributed by atoms with Gasteiger partial charge in [0.2, 0.25) is 5.95 Å². The molecule has 1 unspecified atom stereocenters. The standard InChI is InChI=1S/C20H23F4NO/c1-12(2)9-13(3)11-26-18-6-5-15(10-17(18)20(22,23)24)16-7-8-25-19(21)14(16)4/h5-8,10,12-13H,9,11H2,1-4H3. The number of nitrogens with zero attached hydrogens (tertiary/aromatic N) is 1. The summed E-state index contributed by atoms with van der Waals surface area (Å²) in [5.41, 5.74) is 0.00430. The maximum Gasteiger partial charge on any atom is 0.419 e. The van der Waals surface area contributed by atoms with E-state index in [2.05, 4.69) is 18.8 Å². The first-order valence-corrected chi connectivity index (χ1v) is 8.55. The van der Waals surface area contributed by atoms with Crippen LogP contribution >= 0.6 is 0 Å². The molecule has 142 valence electrons. The molecule has 0 spiro atoms. The summed E-state index contributed by atoms with van der Waals surface area (Å²) in [5.74, 6) is -0.308. The number of aromatic nitrogens is 1. The summed E-state index contributed by atoms with van der Waals surface area (Å²) in [5, 5.41) is 0. The van der Waals surface area contributed by atoms with E-state index in [1.165, 1.54) is 31.3 Å². The highest BCUT2D eigenvalue weighted by Crippen LogP contribution is 2.39. The molecule has 0 aliphatic rings. The van der Waals surface area contributed by atoms with Crippen molar-refractivity contribution < 1.29 is 22.3 Å². The van der Waals surface area contributed by atoms with E-state index in [9.17, 15) is 17.6 Å². The van der Waals surface area contributed by atoms with Gasteiger partial charge in [0, 0.05) is 11.8 Å². The highest BCUT2D eigenvalue weighted by Gasteiger charge is 2.35. The zero-order valence-electron chi connectivity index (χ0n) is 15.3. The van der Waals surface area contributed by atoms with Gasteiger partial charge in [-0.25, -0.2) is 4.98 Å². The first-order chi connectivity index (χ1) is 12.1. The predicted molar refractivity (Wildman–Crippen MR) is 93.5 cm³/mol. The zero-order chi connectivity index (χ0) is 19.5. The first kappa shape index (κ1) is 20.2. The van der Waals surface area contributed by atoms with Gasteiger partial charge in [-0.05, 0) is 54.5 Å². The third-order valence-corrected chi connectivity index (χ3v) is 4.14. The van der Waals surface area contributed by atoms with Crippen LogP contribution < -0.4 is 4.74 Å². The fraction of sp³-hybridized carbons (Fsp3) is 0.450. The van der Waals surface area contributed by atoms with Crippen molar-refractivity contribution in [2.75, 3.05) is 6.61 Å². The van der Waals surface area contributed by atoms with Gasteiger partial charge >= 0.3 is 6.18 Å². The highest BCUT2D eigenvalue weighted by atomic mass is 19.4. The minimum Gasteiger partial charge on any atom is -0.493 e. The smallest absolute Gasteiger partial charge is 0.419 e. The molecule has 1 atom stereocenters. The molecule has 0 N–H and O–H groups in total. The van der Waals surface area contributed by atoms with Gasteiger partial charge in [0.25, 0.3) is 0 Å². The van der Waals surface area contributed by atoms with Crippen molar-refractivity contribution in [2.24, 2.45) is 11.8 Å². The Morgan fingerprint density at radius 3 is 2.42 bits per heavy atom. The van der Waals surface area contributed by atoms with Crippen molar-refractivity contribution in [3.63, 3.8) is 0 Å². The highest BCUT2D eigenvalue weighted by molar-refractivity contribution is 5.68. The van der Waals surface area contributed by atoms with Gasteiger partial charge in [-0.3, -0.25) is 0 Å². The summed E-state index contributed by atoms with van der Waals surface area (Å²) in [6.07, 6.45) is -2.45. The fourth-order valence-electron chi connectivity index (χ4n) is 2.97. The predicted octanol–water partition coefficient (Wildman–Crippen LogP) is 6.28. The summed E-state index contributed by atoms with van der Waals surface area (Å²) in [6.45, 7) is 7.77. The lowest BCUT2D eigenvalue weighted by atomic mass is 9.99. The summed E-state index contributed by atoms with van der Waals surface area (Å²) in [6, 6.07) is 5.32. The Hall–Kier alpha value is -2.11. The lowest BCUT2D eigenvalue weighted by Gasteiger charge is -2.19. The molecule has 1 aromatic heterocycles. The first-order valence-electron chi connectivity index (χ1n) is 8.55. The summed E-state index contributed by atoms with van der Waals surface area (Å²) in [7, 11) is 0. The van der Waals surface area contributed by atoms with Gasteiger partial charge in [0.15, 0.2) is 0 Å². The van der Waals surface area contributed by atoms with Crippen LogP contribution in [-0.4, -0.2) is 11.6 Å². The second kappa shape index (κ2) is 8.06. The van der Waals surface area contributed by atoms with Crippen molar-refractivity contribution in [3.05, 3.63) is 47.5 Å². The molecule has 1 aromatic carbocycles. The SMILES string of the molecule is Cc1c(-c2ccc(OCC(C)CC(C)C)c(C(F)(F)F)c2)ccnc1F. The molecule has 0 saturated heterocycles. The van der Waals surface area contributed by atoms with Crippen LogP contribution in [0.3, 0.4) is 0 Å². The quantitative estimate of drug-likeness (QED) is 0.442. The number of hydrogen-bond donors (Lipinski definition) is 0. The van der Waals surface area contributed by atoms with E-state index in [-0.39, 0.29) is 29.4 Å². The Balaban J connectivity index is 2.35. The normalized spacial score (nSPS) is 13.1. The molecule has 0 amide bonds. The van der Waals surface area contributed by atoms with Crippen LogP contribution in [0.4, 0.5) is 17.6 Å². The average Bonchev–Trinajstić information content (AvgIpc) is 2.54. The molecule has 26 heavy (non-hydrogen) atoms. The molecular weight excluding hydrogens is 346 g/mol. The molecule has 0 aliphatic heterocycles. The van der Waals surface area contributed by atoms with Crippen molar-refractivity contribution in [1.82, 2.24) is 4.98 Å². The second-order valence-electron chi connectivity index (χ2n) is 7.03. The van der Waals surface area contributed by atoms with Gasteiger partial charge in [-0.1, -0.05) is 26.8 Å². The average molecular weight is 369 g/mol. The molecule has 0 aliphatic carbocycles. The number of ether oxygens (including phenoxy) is 1. The zero-order valence-corrected chi connectivity index (χ0v) is 15.3. The third kappa shape index (κ3) is 4.96. The molecule has 0 bridgehead atoms. The number of halogens is 4. The molecule has 2 aromatic rings. The minimum atomic E-state index is -4.56. The van der Waals surface area contributed by atoms with E-state index >= 15 is 0 Å². The molecule has 1 heterocycles. The summed E-state index contributed by atoms with van der Waals surface area (Å²) in [4.78, 5) is 3.51. The Morgan fingerprint density at radius 1 is 1.12 bits per heavy atom. The summed E-state index contributed by atoms with van der Waals surface area (Å²) >= 11 is 0. The molecule has 6 heteroatoms. The van der Waals surface area contributed by atoms with E-state index < -0.39 is 17.7 Å². The monoisotopic (exact) mass is 369 g/mol.